The van der Waals surface area contributed by atoms with Crippen molar-refractivity contribution in [2.45, 2.75) is 15.5 Å². The van der Waals surface area contributed by atoms with Crippen molar-refractivity contribution in [3.05, 3.63) is 60.2 Å². The number of primary sulfonamides is 1. The summed E-state index contributed by atoms with van der Waals surface area (Å²) < 4.78 is 22.6. The van der Waals surface area contributed by atoms with Gasteiger partial charge in [-0.15, -0.1) is 11.8 Å². The maximum Gasteiger partial charge on any atom is 0.242 e. The highest BCUT2D eigenvalue weighted by molar-refractivity contribution is 8.00. The van der Waals surface area contributed by atoms with Gasteiger partial charge in [0.1, 0.15) is 5.25 Å². The van der Waals surface area contributed by atoms with Crippen molar-refractivity contribution >= 4 is 33.4 Å². The van der Waals surface area contributed by atoms with Crippen molar-refractivity contribution in [1.82, 2.24) is 16.4 Å². The van der Waals surface area contributed by atoms with Gasteiger partial charge < -0.3 is 5.32 Å². The van der Waals surface area contributed by atoms with Gasteiger partial charge in [-0.1, -0.05) is 30.3 Å². The first-order chi connectivity index (χ1) is 12.4. The van der Waals surface area contributed by atoms with E-state index in [0.29, 0.717) is 12.2 Å². The summed E-state index contributed by atoms with van der Waals surface area (Å²) in [5.74, 6) is -0.196. The van der Waals surface area contributed by atoms with Crippen LogP contribution in [-0.4, -0.2) is 26.2 Å². The van der Waals surface area contributed by atoms with Gasteiger partial charge >= 0.3 is 0 Å². The molecule has 1 heterocycles. The van der Waals surface area contributed by atoms with Crippen LogP contribution >= 0.6 is 11.8 Å². The summed E-state index contributed by atoms with van der Waals surface area (Å²) in [5.41, 5.74) is 10.2. The number of benzene rings is 2. The molecule has 1 aliphatic rings. The molecule has 0 bridgehead atoms. The highest BCUT2D eigenvalue weighted by Crippen LogP contribution is 2.33. The van der Waals surface area contributed by atoms with E-state index in [-0.39, 0.29) is 16.2 Å². The van der Waals surface area contributed by atoms with Gasteiger partial charge in [0.15, 0.2) is 0 Å². The normalized spacial score (nSPS) is 18.4. The van der Waals surface area contributed by atoms with Crippen molar-refractivity contribution in [3.63, 3.8) is 0 Å². The van der Waals surface area contributed by atoms with Gasteiger partial charge in [-0.25, -0.2) is 24.4 Å². The Morgan fingerprint density at radius 1 is 1.15 bits per heavy atom. The highest BCUT2D eigenvalue weighted by Gasteiger charge is 2.27. The number of hydrogen-bond donors (Lipinski definition) is 5. The minimum absolute atomic E-state index is 0.00297. The molecule has 2 unspecified atom stereocenters. The molecular formula is C16H19N5O3S2. The molecule has 1 amide bonds. The lowest BCUT2D eigenvalue weighted by molar-refractivity contribution is -0.115. The first kappa shape index (κ1) is 18.8. The third-order valence-electron chi connectivity index (χ3n) is 3.70. The average molecular weight is 393 g/mol. The molecule has 2 atom stereocenters. The van der Waals surface area contributed by atoms with E-state index in [1.54, 1.807) is 0 Å². The lowest BCUT2D eigenvalue weighted by Gasteiger charge is -2.20. The monoisotopic (exact) mass is 393 g/mol. The fraction of sp³-hybridized carbons (Fsp3) is 0.188. The van der Waals surface area contributed by atoms with Crippen molar-refractivity contribution in [3.8, 4) is 0 Å². The average Bonchev–Trinajstić information content (AvgIpc) is 3.13. The molecule has 2 aromatic carbocycles. The predicted octanol–water partition coefficient (Wildman–Crippen LogP) is 0.686. The Balaban J connectivity index is 1.76. The van der Waals surface area contributed by atoms with E-state index in [9.17, 15) is 13.2 Å². The molecule has 138 valence electrons. The zero-order valence-corrected chi connectivity index (χ0v) is 15.3. The molecule has 3 rings (SSSR count). The van der Waals surface area contributed by atoms with Crippen LogP contribution < -0.4 is 26.8 Å². The summed E-state index contributed by atoms with van der Waals surface area (Å²) in [4.78, 5) is 12.8. The van der Waals surface area contributed by atoms with Crippen molar-refractivity contribution in [2.75, 3.05) is 11.9 Å². The molecule has 2 aromatic rings. The number of sulfonamides is 1. The van der Waals surface area contributed by atoms with Gasteiger partial charge in [0.2, 0.25) is 15.9 Å². The lowest BCUT2D eigenvalue weighted by Crippen LogP contribution is -2.33. The zero-order chi connectivity index (χ0) is 18.6. The molecule has 0 radical (unpaired) electrons. The smallest absolute Gasteiger partial charge is 0.242 e. The number of thioether (sulfide) groups is 1. The molecule has 26 heavy (non-hydrogen) atoms. The largest absolute Gasteiger partial charge is 0.325 e. The topological polar surface area (TPSA) is 125 Å². The van der Waals surface area contributed by atoms with Gasteiger partial charge in [-0.05, 0) is 29.8 Å². The molecular weight excluding hydrogens is 374 g/mol. The summed E-state index contributed by atoms with van der Waals surface area (Å²) in [5, 5.41) is 7.50. The number of carbonyl (C=O) groups is 1. The van der Waals surface area contributed by atoms with Crippen LogP contribution in [0.1, 0.15) is 10.8 Å². The van der Waals surface area contributed by atoms with E-state index in [0.717, 1.165) is 5.56 Å². The van der Waals surface area contributed by atoms with E-state index < -0.39 is 15.3 Å². The summed E-state index contributed by atoms with van der Waals surface area (Å²) in [6, 6.07) is 15.2. The first-order valence-corrected chi connectivity index (χ1v) is 10.3. The Morgan fingerprint density at radius 2 is 1.85 bits per heavy atom. The third kappa shape index (κ3) is 4.81. The van der Waals surface area contributed by atoms with Gasteiger partial charge in [0, 0.05) is 12.2 Å². The van der Waals surface area contributed by atoms with Crippen LogP contribution in [0, 0.1) is 0 Å². The Bertz CT molecular complexity index is 853. The molecule has 1 saturated heterocycles. The van der Waals surface area contributed by atoms with Gasteiger partial charge in [-0.2, -0.15) is 5.53 Å². The van der Waals surface area contributed by atoms with Crippen molar-refractivity contribution in [1.29, 1.82) is 0 Å². The number of nitrogens with two attached hydrogens (primary N) is 1. The van der Waals surface area contributed by atoms with Crippen LogP contribution in [0.25, 0.3) is 0 Å². The van der Waals surface area contributed by atoms with E-state index in [1.807, 2.05) is 30.3 Å². The van der Waals surface area contributed by atoms with Crippen LogP contribution in [0.2, 0.25) is 0 Å². The summed E-state index contributed by atoms with van der Waals surface area (Å²) in [6.07, 6.45) is 0. The van der Waals surface area contributed by atoms with Crippen LogP contribution in [0.15, 0.2) is 59.5 Å². The third-order valence-corrected chi connectivity index (χ3v) is 6.00. The fourth-order valence-corrected chi connectivity index (χ4v) is 4.08. The SMILES string of the molecule is NS(=O)(=O)c1ccc(NC(=O)C(SC2CNNN2)c2ccccc2)cc1. The van der Waals surface area contributed by atoms with Gasteiger partial charge in [-0.3, -0.25) is 4.79 Å². The molecule has 0 spiro atoms. The molecule has 1 fully saturated rings. The number of rotatable bonds is 6. The van der Waals surface area contributed by atoms with Gasteiger partial charge in [0.05, 0.1) is 10.3 Å². The van der Waals surface area contributed by atoms with Crippen LogP contribution in [-0.2, 0) is 14.8 Å². The number of hydrogen-bond acceptors (Lipinski definition) is 7. The Morgan fingerprint density at radius 3 is 2.42 bits per heavy atom. The standard InChI is InChI=1S/C16H19N5O3S2/c17-26(23,24)13-8-6-12(7-9-13)19-16(22)15(11-4-2-1-3-5-11)25-14-10-18-21-20-14/h1-9,14-15,18,20-21H,10H2,(H,19,22)(H2,17,23,24). The Hall–Kier alpha value is -1.95. The number of anilines is 1. The highest BCUT2D eigenvalue weighted by atomic mass is 32.2. The minimum atomic E-state index is -3.76. The lowest BCUT2D eigenvalue weighted by atomic mass is 10.1. The number of nitrogens with one attached hydrogen (secondary N) is 4. The molecule has 0 aliphatic carbocycles. The van der Waals surface area contributed by atoms with E-state index in [2.05, 4.69) is 21.7 Å². The summed E-state index contributed by atoms with van der Waals surface area (Å²) in [6.45, 7) is 0.671. The van der Waals surface area contributed by atoms with E-state index in [4.69, 9.17) is 5.14 Å². The maximum atomic E-state index is 12.8. The fourth-order valence-electron chi connectivity index (χ4n) is 2.43. The van der Waals surface area contributed by atoms with E-state index in [1.165, 1.54) is 36.0 Å². The zero-order valence-electron chi connectivity index (χ0n) is 13.7. The van der Waals surface area contributed by atoms with Crippen molar-refractivity contribution < 1.29 is 13.2 Å². The second kappa shape index (κ2) is 8.16. The predicted molar refractivity (Wildman–Crippen MR) is 101 cm³/mol. The molecule has 0 saturated carbocycles. The first-order valence-electron chi connectivity index (χ1n) is 7.81. The molecule has 0 aromatic heterocycles. The molecule has 10 heteroatoms. The molecule has 1 aliphatic heterocycles. The second-order valence-corrected chi connectivity index (χ2v) is 8.50. The second-order valence-electron chi connectivity index (χ2n) is 5.62. The minimum Gasteiger partial charge on any atom is -0.325 e. The number of carbonyl (C=O) groups excluding carboxylic acids is 1. The van der Waals surface area contributed by atoms with Crippen LogP contribution in [0.4, 0.5) is 5.69 Å². The maximum absolute atomic E-state index is 12.8. The van der Waals surface area contributed by atoms with Crippen LogP contribution in [0.5, 0.6) is 0 Å². The number of hydrazine groups is 2. The van der Waals surface area contributed by atoms with E-state index >= 15 is 0 Å². The van der Waals surface area contributed by atoms with Crippen LogP contribution in [0.3, 0.4) is 0 Å². The number of amides is 1. The summed E-state index contributed by atoms with van der Waals surface area (Å²) >= 11 is 1.48. The van der Waals surface area contributed by atoms with Crippen molar-refractivity contribution in [2.24, 2.45) is 5.14 Å². The molecule has 8 nitrogen and oxygen atoms in total. The summed E-state index contributed by atoms with van der Waals surface area (Å²) in [7, 11) is -3.76. The quantitative estimate of drug-likeness (QED) is 0.489. The van der Waals surface area contributed by atoms with Gasteiger partial charge in [0.25, 0.3) is 0 Å². The molecule has 6 N–H and O–H groups in total. The Labute approximate surface area is 155 Å². The Kier molecular flexibility index (Phi) is 5.91.